The summed E-state index contributed by atoms with van der Waals surface area (Å²) in [5.74, 6) is 0. The van der Waals surface area contributed by atoms with Gasteiger partial charge in [0.15, 0.2) is 0 Å². The molecule has 0 bridgehead atoms. The molecule has 0 aliphatic heterocycles. The van der Waals surface area contributed by atoms with Crippen LogP contribution in [0.2, 0.25) is 0 Å². The molecule has 0 unspecified atom stereocenters. The molecule has 2 heteroatoms. The maximum atomic E-state index is 6.90. The minimum absolute atomic E-state index is 0.890. The predicted molar refractivity (Wildman–Crippen MR) is 237 cm³/mol. The molecule has 0 N–H and O–H groups in total. The molecule has 0 saturated heterocycles. The zero-order valence-corrected chi connectivity index (χ0v) is 30.6. The lowest BCUT2D eigenvalue weighted by Gasteiger charge is -2.29. The number of rotatable bonds is 6. The summed E-state index contributed by atoms with van der Waals surface area (Å²) in [7, 11) is 0. The van der Waals surface area contributed by atoms with Crippen molar-refractivity contribution in [3.8, 4) is 33.4 Å². The standard InChI is InChI=1S/C54H35NO/c1-3-15-39-32-43(28-26-36(39)12-1)41-17-9-19-45(34-41)55(46-20-10-18-42(35-46)44-29-27-37-13-2-4-16-40(37)33-44)52-25-8-7-22-48(52)49-23-11-24-50-51-31-30-38-14-5-6-21-47(38)53(51)56-54(49)50/h1-35H. The lowest BCUT2D eigenvalue weighted by molar-refractivity contribution is 0.674. The van der Waals surface area contributed by atoms with Gasteiger partial charge in [-0.05, 0) is 97.7 Å². The first kappa shape index (κ1) is 32.0. The molecule has 0 saturated carbocycles. The maximum Gasteiger partial charge on any atom is 0.143 e. The van der Waals surface area contributed by atoms with Gasteiger partial charge < -0.3 is 9.32 Å². The van der Waals surface area contributed by atoms with Crippen molar-refractivity contribution >= 4 is 71.3 Å². The summed E-state index contributed by atoms with van der Waals surface area (Å²) >= 11 is 0. The quantitative estimate of drug-likeness (QED) is 0.171. The third-order valence-electron chi connectivity index (χ3n) is 11.2. The van der Waals surface area contributed by atoms with Crippen LogP contribution in [0.15, 0.2) is 217 Å². The van der Waals surface area contributed by atoms with Gasteiger partial charge in [-0.25, -0.2) is 0 Å². The van der Waals surface area contributed by atoms with Gasteiger partial charge in [0, 0.05) is 38.7 Å². The molecule has 0 aliphatic carbocycles. The molecule has 56 heavy (non-hydrogen) atoms. The van der Waals surface area contributed by atoms with Crippen LogP contribution in [0.4, 0.5) is 17.1 Å². The van der Waals surface area contributed by atoms with E-state index in [1.807, 2.05) is 0 Å². The van der Waals surface area contributed by atoms with Gasteiger partial charge in [0.2, 0.25) is 0 Å². The summed E-state index contributed by atoms with van der Waals surface area (Å²) in [5.41, 5.74) is 11.9. The average molecular weight is 714 g/mol. The van der Waals surface area contributed by atoms with Crippen LogP contribution >= 0.6 is 0 Å². The highest BCUT2D eigenvalue weighted by Crippen LogP contribution is 2.46. The Balaban J connectivity index is 1.12. The molecule has 10 aromatic carbocycles. The zero-order chi connectivity index (χ0) is 37.0. The van der Waals surface area contributed by atoms with Gasteiger partial charge in [0.05, 0.1) is 5.69 Å². The second kappa shape index (κ2) is 13.2. The lowest BCUT2D eigenvalue weighted by Crippen LogP contribution is -2.11. The Hall–Kier alpha value is -7.42. The summed E-state index contributed by atoms with van der Waals surface area (Å²) in [6, 6.07) is 76.5. The number of nitrogens with zero attached hydrogens (tertiary/aromatic N) is 1. The molecule has 1 aromatic heterocycles. The maximum absolute atomic E-state index is 6.90. The smallest absolute Gasteiger partial charge is 0.143 e. The summed E-state index contributed by atoms with van der Waals surface area (Å²) < 4.78 is 6.90. The van der Waals surface area contributed by atoms with Gasteiger partial charge in [-0.1, -0.05) is 164 Å². The van der Waals surface area contributed by atoms with Crippen molar-refractivity contribution < 1.29 is 4.42 Å². The van der Waals surface area contributed by atoms with Gasteiger partial charge in [-0.15, -0.1) is 0 Å². The number of hydrogen-bond donors (Lipinski definition) is 0. The van der Waals surface area contributed by atoms with Crippen molar-refractivity contribution in [2.45, 2.75) is 0 Å². The number of hydrogen-bond acceptors (Lipinski definition) is 2. The topological polar surface area (TPSA) is 16.4 Å². The summed E-state index contributed by atoms with van der Waals surface area (Å²) in [4.78, 5) is 2.40. The molecule has 0 spiro atoms. The van der Waals surface area contributed by atoms with E-state index < -0.39 is 0 Å². The number of fused-ring (bicyclic) bond motifs is 7. The van der Waals surface area contributed by atoms with E-state index in [1.165, 1.54) is 38.1 Å². The first-order valence-corrected chi connectivity index (χ1v) is 19.2. The molecular weight excluding hydrogens is 679 g/mol. The minimum atomic E-state index is 0.890. The molecule has 262 valence electrons. The first-order chi connectivity index (χ1) is 27.7. The van der Waals surface area contributed by atoms with Crippen molar-refractivity contribution in [3.05, 3.63) is 212 Å². The first-order valence-electron chi connectivity index (χ1n) is 19.2. The Morgan fingerprint density at radius 1 is 0.286 bits per heavy atom. The van der Waals surface area contributed by atoms with E-state index >= 15 is 0 Å². The van der Waals surface area contributed by atoms with E-state index in [1.54, 1.807) is 0 Å². The minimum Gasteiger partial charge on any atom is -0.455 e. The fraction of sp³-hybridized carbons (Fsp3) is 0. The molecule has 11 rings (SSSR count). The number of para-hydroxylation sites is 2. The summed E-state index contributed by atoms with van der Waals surface area (Å²) in [6.07, 6.45) is 0. The van der Waals surface area contributed by atoms with Crippen molar-refractivity contribution in [3.63, 3.8) is 0 Å². The molecule has 0 radical (unpaired) electrons. The highest BCUT2D eigenvalue weighted by Gasteiger charge is 2.21. The fourth-order valence-electron chi connectivity index (χ4n) is 8.45. The Morgan fingerprint density at radius 2 is 0.768 bits per heavy atom. The SMILES string of the molecule is c1cc(-c2ccc3ccccc3c2)cc(N(c2cccc(-c3ccc4ccccc4c3)c2)c2ccccc2-c2cccc3c2oc2c4ccccc4ccc32)c1. The van der Waals surface area contributed by atoms with Crippen LogP contribution < -0.4 is 4.90 Å². The van der Waals surface area contributed by atoms with E-state index in [-0.39, 0.29) is 0 Å². The second-order valence-corrected chi connectivity index (χ2v) is 14.5. The third kappa shape index (κ3) is 5.42. The Labute approximate surface area is 325 Å². The van der Waals surface area contributed by atoms with Crippen molar-refractivity contribution in [2.75, 3.05) is 4.90 Å². The number of benzene rings is 10. The Kier molecular flexibility index (Phi) is 7.53. The molecule has 0 fully saturated rings. The van der Waals surface area contributed by atoms with Crippen LogP contribution in [0.1, 0.15) is 0 Å². The van der Waals surface area contributed by atoms with E-state index in [2.05, 4.69) is 217 Å². The third-order valence-corrected chi connectivity index (χ3v) is 11.2. The molecule has 1 heterocycles. The molecule has 2 nitrogen and oxygen atoms in total. The van der Waals surface area contributed by atoms with Crippen LogP contribution in [-0.4, -0.2) is 0 Å². The van der Waals surface area contributed by atoms with Crippen LogP contribution in [0.5, 0.6) is 0 Å². The second-order valence-electron chi connectivity index (χ2n) is 14.5. The van der Waals surface area contributed by atoms with Gasteiger partial charge in [-0.3, -0.25) is 0 Å². The van der Waals surface area contributed by atoms with E-state index in [9.17, 15) is 0 Å². The molecular formula is C54H35NO. The lowest BCUT2D eigenvalue weighted by atomic mass is 9.97. The van der Waals surface area contributed by atoms with Crippen LogP contribution in [0, 0.1) is 0 Å². The highest BCUT2D eigenvalue weighted by molar-refractivity contribution is 6.17. The van der Waals surface area contributed by atoms with Crippen LogP contribution in [-0.2, 0) is 0 Å². The molecule has 0 aliphatic rings. The van der Waals surface area contributed by atoms with E-state index in [0.717, 1.165) is 66.6 Å². The Morgan fingerprint density at radius 3 is 1.45 bits per heavy atom. The van der Waals surface area contributed by atoms with E-state index in [0.29, 0.717) is 0 Å². The average Bonchev–Trinajstić information content (AvgIpc) is 3.66. The summed E-state index contributed by atoms with van der Waals surface area (Å²) in [5, 5.41) is 9.47. The monoisotopic (exact) mass is 713 g/mol. The van der Waals surface area contributed by atoms with Crippen molar-refractivity contribution in [1.82, 2.24) is 0 Å². The number of furan rings is 1. The van der Waals surface area contributed by atoms with Crippen LogP contribution in [0.25, 0.3) is 87.6 Å². The van der Waals surface area contributed by atoms with Crippen LogP contribution in [0.3, 0.4) is 0 Å². The largest absolute Gasteiger partial charge is 0.455 e. The summed E-state index contributed by atoms with van der Waals surface area (Å²) in [6.45, 7) is 0. The van der Waals surface area contributed by atoms with Gasteiger partial charge in [0.25, 0.3) is 0 Å². The number of anilines is 3. The zero-order valence-electron chi connectivity index (χ0n) is 30.6. The highest BCUT2D eigenvalue weighted by atomic mass is 16.3. The fourth-order valence-corrected chi connectivity index (χ4v) is 8.45. The van der Waals surface area contributed by atoms with Gasteiger partial charge in [-0.2, -0.15) is 0 Å². The van der Waals surface area contributed by atoms with E-state index in [4.69, 9.17) is 4.42 Å². The Bertz CT molecular complexity index is 3160. The van der Waals surface area contributed by atoms with Gasteiger partial charge >= 0.3 is 0 Å². The van der Waals surface area contributed by atoms with Crippen molar-refractivity contribution in [2.24, 2.45) is 0 Å². The predicted octanol–water partition coefficient (Wildman–Crippen LogP) is 15.5. The molecule has 11 aromatic rings. The van der Waals surface area contributed by atoms with Gasteiger partial charge in [0.1, 0.15) is 11.2 Å². The normalized spacial score (nSPS) is 11.6. The molecule has 0 atom stereocenters. The van der Waals surface area contributed by atoms with Crippen molar-refractivity contribution in [1.29, 1.82) is 0 Å². The molecule has 0 amide bonds.